The predicted molar refractivity (Wildman–Crippen MR) is 248 cm³/mol. The van der Waals surface area contributed by atoms with E-state index in [9.17, 15) is 57.8 Å². The quantitative estimate of drug-likeness (QED) is 0.0671. The summed E-state index contributed by atoms with van der Waals surface area (Å²) in [5.74, 6) is -10.2. The zero-order valence-electron chi connectivity index (χ0n) is 39.4. The monoisotopic (exact) mass is 969 g/mol. The Labute approximate surface area is 400 Å². The molecule has 1 fully saturated rings. The smallest absolute Gasteiger partial charge is 0.246 e. The SMILES string of the molecule is CC[C@H](C)[C@@H]1NC(=O)[C@H](Cc2ccc(O)cc2)NC(=O)[C@@H](N)C/C=C\C[C@@H](C(=O)N2CCC[C@H]2C(=O)N[C@@H](CC(C)C)C(=O)NCC(N)=O)NC(=O)[C@H](CC(N)=O)NC(=O)[C@H](CCC(N)=O)NC1=O. The van der Waals surface area contributed by atoms with Crippen molar-refractivity contribution in [3.05, 3.63) is 42.0 Å². The molecule has 69 heavy (non-hydrogen) atoms. The van der Waals surface area contributed by atoms with Gasteiger partial charge in [-0.15, -0.1) is 0 Å². The lowest BCUT2D eigenvalue weighted by Crippen LogP contribution is -2.61. The first-order valence-electron chi connectivity index (χ1n) is 22.9. The number of nitrogens with two attached hydrogens (primary N) is 4. The van der Waals surface area contributed by atoms with Gasteiger partial charge in [-0.1, -0.05) is 58.4 Å². The topological polar surface area (TPSA) is 400 Å². The summed E-state index contributed by atoms with van der Waals surface area (Å²) in [6, 6.07) is -5.15. The minimum absolute atomic E-state index is 0.0417. The summed E-state index contributed by atoms with van der Waals surface area (Å²) in [5, 5.41) is 27.6. The number of phenolic OH excluding ortho intramolecular Hbond substituents is 1. The van der Waals surface area contributed by atoms with Gasteiger partial charge in [-0.2, -0.15) is 0 Å². The second kappa shape index (κ2) is 27.0. The van der Waals surface area contributed by atoms with Gasteiger partial charge in [0.25, 0.3) is 0 Å². The summed E-state index contributed by atoms with van der Waals surface area (Å²) >= 11 is 0. The lowest BCUT2D eigenvalue weighted by Gasteiger charge is -2.31. The number of benzene rings is 1. The number of amides is 11. The molecule has 24 nitrogen and oxygen atoms in total. The molecule has 0 unspecified atom stereocenters. The first kappa shape index (κ1) is 56.2. The van der Waals surface area contributed by atoms with Crippen molar-refractivity contribution in [2.75, 3.05) is 13.1 Å². The number of primary amides is 3. The van der Waals surface area contributed by atoms with Crippen molar-refractivity contribution < 1.29 is 57.8 Å². The van der Waals surface area contributed by atoms with Crippen LogP contribution in [0.3, 0.4) is 0 Å². The van der Waals surface area contributed by atoms with Crippen molar-refractivity contribution >= 4 is 65.0 Å². The number of aromatic hydroxyl groups is 1. The standard InChI is InChI=1S/C45H68N12O12/c1-5-24(4)37-44(68)51-28(16-17-34(47)59)40(64)54-32(21-35(48)60)41(65)52-29(10-7-6-9-27(46)38(62)53-31(42(66)56-37)20-25-12-14-26(58)15-13-25)45(69)57-18-8-11-33(57)43(67)55-30(19-23(2)3)39(63)50-22-36(49)61/h6-7,12-15,23-24,27-33,37,58H,5,8-11,16-22,46H2,1-4H3,(H2,47,59)(H2,48,60)(H2,49,61)(H,50,63)(H,51,68)(H,52,65)(H,53,62)(H,54,64)(H,55,67)(H,56,66)/b7-6-/t24-,27-,28-,29-,30-,31-,32-,33-,37-/m0/s1. The molecule has 0 aliphatic carbocycles. The van der Waals surface area contributed by atoms with Gasteiger partial charge in [0.05, 0.1) is 19.0 Å². The fraction of sp³-hybridized carbons (Fsp3) is 0.578. The molecule has 9 atom stereocenters. The van der Waals surface area contributed by atoms with E-state index in [4.69, 9.17) is 22.9 Å². The molecule has 11 amide bonds. The van der Waals surface area contributed by atoms with Gasteiger partial charge >= 0.3 is 0 Å². The number of rotatable bonds is 17. The molecule has 24 heteroatoms. The van der Waals surface area contributed by atoms with Gasteiger partial charge in [0.1, 0.15) is 48.0 Å². The third kappa shape index (κ3) is 18.1. The van der Waals surface area contributed by atoms with Crippen LogP contribution in [0.25, 0.3) is 0 Å². The van der Waals surface area contributed by atoms with Gasteiger partial charge in [0, 0.05) is 19.4 Å². The van der Waals surface area contributed by atoms with Gasteiger partial charge in [-0.3, -0.25) is 52.7 Å². The summed E-state index contributed by atoms with van der Waals surface area (Å²) in [7, 11) is 0. The van der Waals surface area contributed by atoms with E-state index in [-0.39, 0.29) is 50.3 Å². The fourth-order valence-electron chi connectivity index (χ4n) is 7.66. The Hall–Kier alpha value is -7.11. The Kier molecular flexibility index (Phi) is 22.0. The predicted octanol–water partition coefficient (Wildman–Crippen LogP) is -3.65. The lowest BCUT2D eigenvalue weighted by molar-refractivity contribution is -0.142. The summed E-state index contributed by atoms with van der Waals surface area (Å²) in [6.45, 7) is 6.58. The molecule has 1 saturated heterocycles. The van der Waals surface area contributed by atoms with Gasteiger partial charge in [0.2, 0.25) is 65.0 Å². The van der Waals surface area contributed by atoms with Crippen LogP contribution in [0.1, 0.15) is 91.0 Å². The van der Waals surface area contributed by atoms with Gasteiger partial charge in [-0.25, -0.2) is 0 Å². The normalized spacial score (nSPS) is 24.5. The number of carbonyl (C=O) groups excluding carboxylic acids is 11. The molecular weight excluding hydrogens is 901 g/mol. The average Bonchev–Trinajstić information content (AvgIpc) is 3.78. The number of nitrogens with zero attached hydrogens (tertiary/aromatic N) is 1. The van der Waals surface area contributed by atoms with Crippen LogP contribution in [0.4, 0.5) is 0 Å². The van der Waals surface area contributed by atoms with Crippen molar-refractivity contribution in [2.24, 2.45) is 34.8 Å². The molecule has 0 saturated carbocycles. The molecule has 16 N–H and O–H groups in total. The van der Waals surface area contributed by atoms with Crippen molar-refractivity contribution in [3.63, 3.8) is 0 Å². The summed E-state index contributed by atoms with van der Waals surface area (Å²) in [6.07, 6.45) is 1.73. The molecule has 0 aromatic heterocycles. The average molecular weight is 969 g/mol. The molecule has 0 radical (unpaired) electrons. The highest BCUT2D eigenvalue weighted by atomic mass is 16.3. The van der Waals surface area contributed by atoms with Crippen LogP contribution in [-0.4, -0.2) is 136 Å². The van der Waals surface area contributed by atoms with E-state index in [0.717, 1.165) is 0 Å². The molecule has 1 aromatic rings. The van der Waals surface area contributed by atoms with E-state index in [1.807, 2.05) is 13.8 Å². The van der Waals surface area contributed by atoms with E-state index in [1.54, 1.807) is 13.8 Å². The number of nitrogens with one attached hydrogen (secondary N) is 7. The number of hydrogen-bond donors (Lipinski definition) is 12. The Bertz CT molecular complexity index is 2080. The second-order valence-corrected chi connectivity index (χ2v) is 17.8. The van der Waals surface area contributed by atoms with Crippen LogP contribution in [-0.2, 0) is 59.2 Å². The Morgan fingerprint density at radius 1 is 0.768 bits per heavy atom. The van der Waals surface area contributed by atoms with Gasteiger partial charge in [0.15, 0.2) is 0 Å². The highest BCUT2D eigenvalue weighted by Gasteiger charge is 2.40. The van der Waals surface area contributed by atoms with Crippen LogP contribution in [0.2, 0.25) is 0 Å². The van der Waals surface area contributed by atoms with Gasteiger partial charge < -0.3 is 70.2 Å². The third-order valence-electron chi connectivity index (χ3n) is 11.6. The van der Waals surface area contributed by atoms with E-state index in [1.165, 1.54) is 41.3 Å². The molecule has 0 bridgehead atoms. The number of phenols is 1. The van der Waals surface area contributed by atoms with E-state index >= 15 is 0 Å². The maximum absolute atomic E-state index is 14.5. The second-order valence-electron chi connectivity index (χ2n) is 17.8. The summed E-state index contributed by atoms with van der Waals surface area (Å²) in [4.78, 5) is 148. The number of carbonyl (C=O) groups is 11. The highest BCUT2D eigenvalue weighted by molar-refractivity contribution is 5.99. The Morgan fingerprint density at radius 2 is 1.38 bits per heavy atom. The maximum Gasteiger partial charge on any atom is 0.246 e. The molecule has 2 aliphatic heterocycles. The number of likely N-dealkylation sites (tertiary alicyclic amines) is 1. The maximum atomic E-state index is 14.5. The minimum Gasteiger partial charge on any atom is -0.508 e. The van der Waals surface area contributed by atoms with Crippen molar-refractivity contribution in [1.29, 1.82) is 0 Å². The largest absolute Gasteiger partial charge is 0.508 e. The molecule has 0 spiro atoms. The van der Waals surface area contributed by atoms with Crippen molar-refractivity contribution in [1.82, 2.24) is 42.1 Å². The highest BCUT2D eigenvalue weighted by Crippen LogP contribution is 2.21. The molecule has 1 aromatic carbocycles. The Morgan fingerprint density at radius 3 is 1.99 bits per heavy atom. The first-order valence-corrected chi connectivity index (χ1v) is 22.9. The summed E-state index contributed by atoms with van der Waals surface area (Å²) in [5.41, 5.74) is 22.9. The molecule has 2 heterocycles. The van der Waals surface area contributed by atoms with Gasteiger partial charge in [-0.05, 0) is 68.1 Å². The Balaban J connectivity index is 2.08. The molecule has 380 valence electrons. The molecule has 3 rings (SSSR count). The summed E-state index contributed by atoms with van der Waals surface area (Å²) < 4.78 is 0. The lowest BCUT2D eigenvalue weighted by atomic mass is 9.96. The minimum atomic E-state index is -1.76. The third-order valence-corrected chi connectivity index (χ3v) is 11.6. The van der Waals surface area contributed by atoms with Crippen LogP contribution in [0, 0.1) is 11.8 Å². The van der Waals surface area contributed by atoms with Crippen LogP contribution in [0.15, 0.2) is 36.4 Å². The van der Waals surface area contributed by atoms with Crippen LogP contribution < -0.4 is 60.2 Å². The fourth-order valence-corrected chi connectivity index (χ4v) is 7.66. The van der Waals surface area contributed by atoms with Crippen molar-refractivity contribution in [3.8, 4) is 5.75 Å². The number of hydrogen-bond acceptors (Lipinski definition) is 13. The molecular formula is C45H68N12O12. The zero-order valence-corrected chi connectivity index (χ0v) is 39.4. The molecule has 2 aliphatic rings. The van der Waals surface area contributed by atoms with Crippen LogP contribution >= 0.6 is 0 Å². The first-order chi connectivity index (χ1) is 32.5. The van der Waals surface area contributed by atoms with Crippen LogP contribution in [0.5, 0.6) is 5.75 Å². The van der Waals surface area contributed by atoms with E-state index < -0.39 is 145 Å². The van der Waals surface area contributed by atoms with E-state index in [2.05, 4.69) is 37.2 Å². The zero-order chi connectivity index (χ0) is 51.5. The van der Waals surface area contributed by atoms with E-state index in [0.29, 0.717) is 18.4 Å². The van der Waals surface area contributed by atoms with Crippen molar-refractivity contribution in [2.45, 2.75) is 140 Å².